The Kier molecular flexibility index (Phi) is 20.0. The highest BCUT2D eigenvalue weighted by molar-refractivity contribution is 4.59. The molecular weight excluding hydrogens is 154 g/mol. The second-order valence-corrected chi connectivity index (χ2v) is 3.01. The van der Waals surface area contributed by atoms with Crippen LogP contribution in [0.25, 0.3) is 0 Å². The van der Waals surface area contributed by atoms with Crippen molar-refractivity contribution < 1.29 is 11.0 Å². The second kappa shape index (κ2) is 13.5. The Bertz CT molecular complexity index is 61.5. The lowest BCUT2D eigenvalue weighted by molar-refractivity contribution is 0.418. The van der Waals surface area contributed by atoms with E-state index in [2.05, 4.69) is 25.8 Å². The molecule has 1 aliphatic rings. The van der Waals surface area contributed by atoms with Crippen LogP contribution in [0, 0.1) is 0 Å². The molecule has 0 saturated carbocycles. The summed E-state index contributed by atoms with van der Waals surface area (Å²) in [6.07, 6.45) is 5.47. The van der Waals surface area contributed by atoms with Gasteiger partial charge in [0.1, 0.15) is 0 Å². The number of hydrogen-bond acceptors (Lipinski definition) is 1. The molecule has 0 radical (unpaired) electrons. The molecule has 0 amide bonds. The first-order valence-electron chi connectivity index (χ1n) is 4.49. The molecule has 0 aromatic rings. The molecule has 0 spiro atoms. The molecule has 78 valence electrons. The fourth-order valence-corrected chi connectivity index (χ4v) is 0.875. The van der Waals surface area contributed by atoms with E-state index in [9.17, 15) is 0 Å². The maximum absolute atomic E-state index is 2.36. The molecule has 0 atom stereocenters. The first-order chi connectivity index (χ1) is 4.81. The van der Waals surface area contributed by atoms with Gasteiger partial charge in [-0.25, -0.2) is 0 Å². The molecule has 12 heavy (non-hydrogen) atoms. The molecule has 0 unspecified atom stereocenters. The zero-order valence-electron chi connectivity index (χ0n) is 8.69. The molecule has 1 heterocycles. The molecule has 0 bridgehead atoms. The molecule has 3 nitrogen and oxygen atoms in total. The summed E-state index contributed by atoms with van der Waals surface area (Å²) in [5, 5.41) is 0. The molecule has 1 saturated heterocycles. The van der Waals surface area contributed by atoms with E-state index in [0.717, 1.165) is 0 Å². The van der Waals surface area contributed by atoms with E-state index in [0.29, 0.717) is 0 Å². The lowest BCUT2D eigenvalue weighted by Gasteiger charge is -2.01. The van der Waals surface area contributed by atoms with E-state index >= 15 is 0 Å². The van der Waals surface area contributed by atoms with Crippen molar-refractivity contribution >= 4 is 0 Å². The van der Waals surface area contributed by atoms with E-state index in [4.69, 9.17) is 0 Å². The standard InChI is InChI=1S/C5H11N.C4H10.2H2O/c1-6-4-2-3-5-6;1-3-4-2;;/h2-5H2,1H3;3-4H2,1-2H3;2*1H2. The van der Waals surface area contributed by atoms with Gasteiger partial charge in [0.05, 0.1) is 0 Å². The largest absolute Gasteiger partial charge is 0.412 e. The molecule has 0 aromatic carbocycles. The van der Waals surface area contributed by atoms with Crippen molar-refractivity contribution in [3.05, 3.63) is 0 Å². The van der Waals surface area contributed by atoms with Crippen LogP contribution in [0.4, 0.5) is 0 Å². The number of hydrogen-bond donors (Lipinski definition) is 0. The Morgan fingerprint density at radius 2 is 1.25 bits per heavy atom. The Morgan fingerprint density at radius 3 is 1.33 bits per heavy atom. The zero-order valence-corrected chi connectivity index (χ0v) is 8.69. The third-order valence-electron chi connectivity index (χ3n) is 1.83. The van der Waals surface area contributed by atoms with Gasteiger partial charge in [0, 0.05) is 0 Å². The van der Waals surface area contributed by atoms with Gasteiger partial charge in [-0.05, 0) is 33.0 Å². The maximum atomic E-state index is 2.36. The van der Waals surface area contributed by atoms with Crippen LogP contribution in [0.1, 0.15) is 39.5 Å². The van der Waals surface area contributed by atoms with Gasteiger partial charge >= 0.3 is 0 Å². The van der Waals surface area contributed by atoms with E-state index in [1.54, 1.807) is 0 Å². The van der Waals surface area contributed by atoms with Crippen LogP contribution in [-0.4, -0.2) is 36.0 Å². The van der Waals surface area contributed by atoms with Gasteiger partial charge in [-0.3, -0.25) is 0 Å². The fraction of sp³-hybridized carbons (Fsp3) is 1.00. The highest BCUT2D eigenvalue weighted by Crippen LogP contribution is 2.01. The van der Waals surface area contributed by atoms with Crippen LogP contribution >= 0.6 is 0 Å². The van der Waals surface area contributed by atoms with Crippen molar-refractivity contribution in [1.29, 1.82) is 0 Å². The third kappa shape index (κ3) is 12.5. The minimum Gasteiger partial charge on any atom is -0.412 e. The summed E-state index contributed by atoms with van der Waals surface area (Å²) in [6.45, 7) is 7.00. The lowest BCUT2D eigenvalue weighted by atomic mass is 10.4. The summed E-state index contributed by atoms with van der Waals surface area (Å²) >= 11 is 0. The first kappa shape index (κ1) is 17.8. The topological polar surface area (TPSA) is 66.2 Å². The predicted molar refractivity (Wildman–Crippen MR) is 54.5 cm³/mol. The van der Waals surface area contributed by atoms with Gasteiger partial charge in [0.2, 0.25) is 0 Å². The predicted octanol–water partition coefficient (Wildman–Crippen LogP) is 0.869. The van der Waals surface area contributed by atoms with Gasteiger partial charge < -0.3 is 15.9 Å². The van der Waals surface area contributed by atoms with Crippen molar-refractivity contribution in [3.63, 3.8) is 0 Å². The van der Waals surface area contributed by atoms with Crippen LogP contribution in [0.3, 0.4) is 0 Å². The van der Waals surface area contributed by atoms with E-state index < -0.39 is 0 Å². The smallest absolute Gasteiger partial charge is 0.00213 e. The molecule has 1 rings (SSSR count). The highest BCUT2D eigenvalue weighted by atomic mass is 16.0. The van der Waals surface area contributed by atoms with Crippen molar-refractivity contribution in [2.75, 3.05) is 20.1 Å². The van der Waals surface area contributed by atoms with E-state index in [1.807, 2.05) is 0 Å². The van der Waals surface area contributed by atoms with E-state index in [1.165, 1.54) is 38.8 Å². The summed E-state index contributed by atoms with van der Waals surface area (Å²) in [6, 6.07) is 0. The van der Waals surface area contributed by atoms with E-state index in [-0.39, 0.29) is 11.0 Å². The number of likely N-dealkylation sites (tertiary alicyclic amines) is 1. The van der Waals surface area contributed by atoms with Gasteiger partial charge in [0.25, 0.3) is 0 Å². The van der Waals surface area contributed by atoms with Crippen molar-refractivity contribution in [3.8, 4) is 0 Å². The fourth-order valence-electron chi connectivity index (χ4n) is 0.875. The molecule has 1 fully saturated rings. The Labute approximate surface area is 76.4 Å². The molecule has 3 heteroatoms. The second-order valence-electron chi connectivity index (χ2n) is 3.01. The number of unbranched alkanes of at least 4 members (excludes halogenated alkanes) is 1. The highest BCUT2D eigenvalue weighted by Gasteiger charge is 2.03. The Balaban J connectivity index is -0.000000124. The molecule has 4 N–H and O–H groups in total. The third-order valence-corrected chi connectivity index (χ3v) is 1.83. The minimum atomic E-state index is 0. The normalized spacial score (nSPS) is 15.2. The van der Waals surface area contributed by atoms with Crippen molar-refractivity contribution in [2.24, 2.45) is 0 Å². The molecule has 1 aliphatic heterocycles. The Morgan fingerprint density at radius 1 is 0.917 bits per heavy atom. The SMILES string of the molecule is CCCC.CN1CCCC1.O.O. The first-order valence-corrected chi connectivity index (χ1v) is 4.49. The van der Waals surface area contributed by atoms with Crippen LogP contribution < -0.4 is 0 Å². The molecular formula is C9H25NO2. The average Bonchev–Trinajstić information content (AvgIpc) is 2.40. The van der Waals surface area contributed by atoms with Gasteiger partial charge in [-0.1, -0.05) is 26.7 Å². The lowest BCUT2D eigenvalue weighted by Crippen LogP contribution is -2.10. The molecule has 0 aromatic heterocycles. The summed E-state index contributed by atoms with van der Waals surface area (Å²) < 4.78 is 0. The van der Waals surface area contributed by atoms with Crippen LogP contribution in [0.15, 0.2) is 0 Å². The van der Waals surface area contributed by atoms with Crippen LogP contribution in [0.2, 0.25) is 0 Å². The monoisotopic (exact) mass is 179 g/mol. The van der Waals surface area contributed by atoms with Crippen molar-refractivity contribution in [2.45, 2.75) is 39.5 Å². The molecule has 0 aliphatic carbocycles. The van der Waals surface area contributed by atoms with Gasteiger partial charge in [-0.15, -0.1) is 0 Å². The van der Waals surface area contributed by atoms with Crippen molar-refractivity contribution in [1.82, 2.24) is 4.90 Å². The summed E-state index contributed by atoms with van der Waals surface area (Å²) in [5.74, 6) is 0. The summed E-state index contributed by atoms with van der Waals surface area (Å²) in [5.41, 5.74) is 0. The zero-order chi connectivity index (χ0) is 7.82. The maximum Gasteiger partial charge on any atom is -0.00213 e. The number of rotatable bonds is 1. The summed E-state index contributed by atoms with van der Waals surface area (Å²) in [4.78, 5) is 2.36. The quantitative estimate of drug-likeness (QED) is 0.589. The van der Waals surface area contributed by atoms with Gasteiger partial charge in [-0.2, -0.15) is 0 Å². The minimum absolute atomic E-state index is 0. The van der Waals surface area contributed by atoms with Gasteiger partial charge in [0.15, 0.2) is 0 Å². The summed E-state index contributed by atoms with van der Waals surface area (Å²) in [7, 11) is 2.17. The average molecular weight is 179 g/mol. The Hall–Kier alpha value is -0.120. The van der Waals surface area contributed by atoms with Crippen LogP contribution in [-0.2, 0) is 0 Å². The number of nitrogens with zero attached hydrogens (tertiary/aromatic N) is 1. The van der Waals surface area contributed by atoms with Crippen LogP contribution in [0.5, 0.6) is 0 Å².